The lowest BCUT2D eigenvalue weighted by molar-refractivity contribution is -0.437. The van der Waals surface area contributed by atoms with Crippen LogP contribution in [-0.4, -0.2) is 29.4 Å². The maximum Gasteiger partial charge on any atom is 0.209 e. The van der Waals surface area contributed by atoms with Gasteiger partial charge in [-0.2, -0.15) is 4.58 Å². The minimum atomic E-state index is -0.306. The van der Waals surface area contributed by atoms with Gasteiger partial charge in [0.15, 0.2) is 5.71 Å². The molecule has 3 aromatic carbocycles. The standard InChI is InChI=1S/C38H45N2O2/c1-7-9-11-17-23-39-31-21-15-13-19-29(31)37(3,4)33(39)25-27-35(41)28(36(27)42)26-34-38(5,6)30-20-14-16-22-32(30)40(34)24-18-12-10-8-2/h7-8,13-16,19-22,25-26,33H,1-2,9-12,17-18,23-24H2,3-6H3/q+1. The van der Waals surface area contributed by atoms with Crippen molar-refractivity contribution in [2.75, 3.05) is 18.0 Å². The number of benzene rings is 2. The van der Waals surface area contributed by atoms with Crippen LogP contribution < -0.4 is 26.2 Å². The molecule has 1 atom stereocenters. The number of anilines is 1. The van der Waals surface area contributed by atoms with E-state index in [2.05, 4.69) is 98.9 Å². The summed E-state index contributed by atoms with van der Waals surface area (Å²) in [4.78, 5) is 29.8. The number of para-hydroxylation sites is 2. The van der Waals surface area contributed by atoms with E-state index in [0.717, 1.165) is 57.3 Å². The first-order chi connectivity index (χ1) is 20.1. The molecule has 3 aromatic rings. The minimum Gasteiger partial charge on any atom is -0.364 e. The van der Waals surface area contributed by atoms with Crippen LogP contribution in [-0.2, 0) is 10.8 Å². The van der Waals surface area contributed by atoms with Gasteiger partial charge in [0.2, 0.25) is 16.5 Å². The summed E-state index contributed by atoms with van der Waals surface area (Å²) in [6.07, 6.45) is 13.9. The Morgan fingerprint density at radius 3 is 2.12 bits per heavy atom. The van der Waals surface area contributed by atoms with Crippen molar-refractivity contribution in [1.82, 2.24) is 0 Å². The van der Waals surface area contributed by atoms with Gasteiger partial charge < -0.3 is 4.90 Å². The Labute approximate surface area is 250 Å². The number of nitrogens with zero attached hydrogens (tertiary/aromatic N) is 2. The molecule has 5 rings (SSSR count). The third kappa shape index (κ3) is 5.06. The second-order valence-corrected chi connectivity index (χ2v) is 12.9. The van der Waals surface area contributed by atoms with Crippen molar-refractivity contribution in [3.8, 4) is 0 Å². The third-order valence-electron chi connectivity index (χ3n) is 9.46. The van der Waals surface area contributed by atoms with Gasteiger partial charge in [0.05, 0.1) is 21.9 Å². The third-order valence-corrected chi connectivity index (χ3v) is 9.46. The van der Waals surface area contributed by atoms with E-state index in [4.69, 9.17) is 0 Å². The molecule has 218 valence electrons. The Hall–Kier alpha value is -3.79. The second kappa shape index (κ2) is 11.8. The van der Waals surface area contributed by atoms with Crippen molar-refractivity contribution in [3.05, 3.63) is 116 Å². The van der Waals surface area contributed by atoms with Gasteiger partial charge in [-0.25, -0.2) is 0 Å². The summed E-state index contributed by atoms with van der Waals surface area (Å²) in [5.41, 5.74) is 5.08. The van der Waals surface area contributed by atoms with Crippen LogP contribution in [0.15, 0.2) is 83.4 Å². The molecule has 0 fully saturated rings. The molecule has 42 heavy (non-hydrogen) atoms. The van der Waals surface area contributed by atoms with E-state index in [9.17, 15) is 9.59 Å². The molecule has 0 radical (unpaired) electrons. The van der Waals surface area contributed by atoms with Crippen molar-refractivity contribution in [2.45, 2.75) is 83.1 Å². The highest BCUT2D eigenvalue weighted by Gasteiger charge is 2.45. The lowest BCUT2D eigenvalue weighted by Crippen LogP contribution is -2.66. The van der Waals surface area contributed by atoms with Crippen LogP contribution in [0.3, 0.4) is 0 Å². The van der Waals surface area contributed by atoms with Gasteiger partial charge in [-0.05, 0) is 63.7 Å². The van der Waals surface area contributed by atoms with Crippen LogP contribution >= 0.6 is 0 Å². The van der Waals surface area contributed by atoms with E-state index in [1.807, 2.05) is 24.3 Å². The van der Waals surface area contributed by atoms with Crippen LogP contribution in [0.25, 0.3) is 12.2 Å². The number of fused-ring (bicyclic) bond motifs is 2. The second-order valence-electron chi connectivity index (χ2n) is 12.9. The molecule has 2 aliphatic rings. The van der Waals surface area contributed by atoms with E-state index < -0.39 is 0 Å². The fourth-order valence-corrected chi connectivity index (χ4v) is 7.01. The quantitative estimate of drug-likeness (QED) is 0.159. The van der Waals surface area contributed by atoms with Gasteiger partial charge in [0.1, 0.15) is 6.54 Å². The lowest BCUT2D eigenvalue weighted by atomic mass is 9.79. The molecule has 0 amide bonds. The molecular formula is C38H45N2O2+. The summed E-state index contributed by atoms with van der Waals surface area (Å²) >= 11 is 0. The highest BCUT2D eigenvalue weighted by atomic mass is 16.1. The zero-order chi connectivity index (χ0) is 30.1. The van der Waals surface area contributed by atoms with E-state index >= 15 is 0 Å². The lowest BCUT2D eigenvalue weighted by Gasteiger charge is -2.32. The summed E-state index contributed by atoms with van der Waals surface area (Å²) in [5, 5.41) is 0.633. The molecule has 0 aromatic heterocycles. The molecule has 2 aliphatic heterocycles. The Bertz CT molecular complexity index is 1700. The molecule has 0 N–H and O–H groups in total. The number of hydrogen-bond donors (Lipinski definition) is 0. The highest BCUT2D eigenvalue weighted by molar-refractivity contribution is 6.15. The van der Waals surface area contributed by atoms with Crippen molar-refractivity contribution in [3.63, 3.8) is 0 Å². The van der Waals surface area contributed by atoms with Gasteiger partial charge in [0.25, 0.3) is 0 Å². The van der Waals surface area contributed by atoms with E-state index in [0.29, 0.717) is 10.4 Å². The molecular weight excluding hydrogens is 516 g/mol. The first-order valence-corrected chi connectivity index (χ1v) is 15.5. The highest BCUT2D eigenvalue weighted by Crippen LogP contribution is 2.45. The van der Waals surface area contributed by atoms with Crippen molar-refractivity contribution >= 4 is 29.2 Å². The zero-order valence-corrected chi connectivity index (χ0v) is 25.8. The van der Waals surface area contributed by atoms with Crippen LogP contribution in [0, 0.1) is 0 Å². The summed E-state index contributed by atoms with van der Waals surface area (Å²) in [6.45, 7) is 18.3. The van der Waals surface area contributed by atoms with Crippen molar-refractivity contribution in [2.24, 2.45) is 0 Å². The average Bonchev–Trinajstić information content (AvgIpc) is 3.33. The van der Waals surface area contributed by atoms with Crippen molar-refractivity contribution in [1.29, 1.82) is 0 Å². The number of allylic oxidation sites excluding steroid dienone is 2. The maximum atomic E-state index is 13.7. The molecule has 0 aliphatic carbocycles. The molecule has 0 bridgehead atoms. The van der Waals surface area contributed by atoms with Crippen LogP contribution in [0.1, 0.15) is 77.3 Å². The molecule has 0 saturated heterocycles. The van der Waals surface area contributed by atoms with Crippen molar-refractivity contribution < 1.29 is 4.58 Å². The first-order valence-electron chi connectivity index (χ1n) is 15.5. The van der Waals surface area contributed by atoms with Gasteiger partial charge >= 0.3 is 0 Å². The van der Waals surface area contributed by atoms with Crippen LogP contribution in [0.5, 0.6) is 0 Å². The zero-order valence-electron chi connectivity index (χ0n) is 25.8. The maximum absolute atomic E-state index is 13.7. The number of hydrogen-bond acceptors (Lipinski definition) is 3. The van der Waals surface area contributed by atoms with E-state index in [1.54, 1.807) is 0 Å². The molecule has 2 heterocycles. The summed E-state index contributed by atoms with van der Waals surface area (Å²) in [5.74, 6) is 0. The number of unbranched alkanes of at least 4 members (excludes halogenated alkanes) is 4. The average molecular weight is 562 g/mol. The molecule has 0 saturated carbocycles. The predicted molar refractivity (Wildman–Crippen MR) is 177 cm³/mol. The largest absolute Gasteiger partial charge is 0.364 e. The molecule has 4 nitrogen and oxygen atoms in total. The Morgan fingerprint density at radius 1 is 0.810 bits per heavy atom. The SMILES string of the molecule is C=CCCCCN1c2ccccc2C(C)(C)C1C=c1c(=O)c(=CC2=[N+](CCCCC=C)c3ccccc3C2(C)C)c1=O. The molecule has 4 heteroatoms. The minimum absolute atomic E-state index is 0.0655. The van der Waals surface area contributed by atoms with Gasteiger partial charge in [0, 0.05) is 41.8 Å². The molecule has 0 spiro atoms. The fraction of sp³-hybridized carbons (Fsp3) is 0.395. The fourth-order valence-electron chi connectivity index (χ4n) is 7.01. The van der Waals surface area contributed by atoms with Crippen LogP contribution in [0.2, 0.25) is 0 Å². The van der Waals surface area contributed by atoms with Gasteiger partial charge in [-0.3, -0.25) is 9.59 Å². The Balaban J connectivity index is 1.56. The normalized spacial score (nSPS) is 18.2. The number of rotatable bonds is 12. The predicted octanol–water partition coefficient (Wildman–Crippen LogP) is 5.80. The topological polar surface area (TPSA) is 40.4 Å². The monoisotopic (exact) mass is 561 g/mol. The first kappa shape index (κ1) is 29.7. The molecule has 1 unspecified atom stereocenters. The van der Waals surface area contributed by atoms with Gasteiger partial charge in [-0.15, -0.1) is 13.2 Å². The summed E-state index contributed by atoms with van der Waals surface area (Å²) < 4.78 is 2.31. The Morgan fingerprint density at radius 2 is 1.43 bits per heavy atom. The summed E-state index contributed by atoms with van der Waals surface area (Å²) in [7, 11) is 0. The van der Waals surface area contributed by atoms with Crippen LogP contribution in [0.4, 0.5) is 11.4 Å². The van der Waals surface area contributed by atoms with E-state index in [-0.39, 0.29) is 27.7 Å². The summed E-state index contributed by atoms with van der Waals surface area (Å²) in [6, 6.07) is 16.9. The van der Waals surface area contributed by atoms with Gasteiger partial charge in [-0.1, -0.05) is 62.4 Å². The Kier molecular flexibility index (Phi) is 8.37. The smallest absolute Gasteiger partial charge is 0.209 e. The van der Waals surface area contributed by atoms with E-state index in [1.165, 1.54) is 22.5 Å².